The highest BCUT2D eigenvalue weighted by Gasteiger charge is 2.31. The average molecular weight is 330 g/mol. The fourth-order valence-electron chi connectivity index (χ4n) is 2.92. The summed E-state index contributed by atoms with van der Waals surface area (Å²) in [5, 5.41) is 0. The summed E-state index contributed by atoms with van der Waals surface area (Å²) in [6.07, 6.45) is 1.96. The molecule has 0 spiro atoms. The Morgan fingerprint density at radius 1 is 1.22 bits per heavy atom. The van der Waals surface area contributed by atoms with Gasteiger partial charge in [-0.2, -0.15) is 0 Å². The number of amides is 1. The summed E-state index contributed by atoms with van der Waals surface area (Å²) in [5.41, 5.74) is 6.15. The first-order valence-corrected chi connectivity index (χ1v) is 8.86. The normalized spacial score (nSPS) is 17.7. The van der Waals surface area contributed by atoms with E-state index in [2.05, 4.69) is 13.8 Å². The zero-order chi connectivity index (χ0) is 17.2. The summed E-state index contributed by atoms with van der Waals surface area (Å²) < 4.78 is 16.7. The Morgan fingerprint density at radius 3 is 2.26 bits per heavy atom. The van der Waals surface area contributed by atoms with Gasteiger partial charge in [-0.15, -0.1) is 0 Å². The molecule has 1 heterocycles. The van der Waals surface area contributed by atoms with Gasteiger partial charge in [0.05, 0.1) is 12.6 Å². The lowest BCUT2D eigenvalue weighted by molar-refractivity contribution is -0.166. The molecule has 2 N–H and O–H groups in total. The predicted molar refractivity (Wildman–Crippen MR) is 90.0 cm³/mol. The van der Waals surface area contributed by atoms with Crippen LogP contribution in [0.5, 0.6) is 0 Å². The fourth-order valence-corrected chi connectivity index (χ4v) is 2.92. The molecule has 0 aliphatic carbocycles. The van der Waals surface area contributed by atoms with Crippen molar-refractivity contribution in [3.63, 3.8) is 0 Å². The van der Waals surface area contributed by atoms with Gasteiger partial charge < -0.3 is 24.8 Å². The Morgan fingerprint density at radius 2 is 1.78 bits per heavy atom. The number of hydrogen-bond acceptors (Lipinski definition) is 5. The third kappa shape index (κ3) is 7.16. The highest BCUT2D eigenvalue weighted by molar-refractivity contribution is 5.82. The summed E-state index contributed by atoms with van der Waals surface area (Å²) in [6.45, 7) is 10.9. The van der Waals surface area contributed by atoms with E-state index in [0.29, 0.717) is 45.3 Å². The van der Waals surface area contributed by atoms with Crippen LogP contribution in [0.15, 0.2) is 0 Å². The quantitative estimate of drug-likeness (QED) is 0.618. The van der Waals surface area contributed by atoms with Crippen LogP contribution < -0.4 is 5.73 Å². The van der Waals surface area contributed by atoms with E-state index in [4.69, 9.17) is 19.9 Å². The first kappa shape index (κ1) is 20.4. The molecule has 1 amide bonds. The van der Waals surface area contributed by atoms with Gasteiger partial charge in [0.1, 0.15) is 0 Å². The van der Waals surface area contributed by atoms with Gasteiger partial charge in [-0.05, 0) is 39.0 Å². The van der Waals surface area contributed by atoms with Crippen LogP contribution in [0.1, 0.15) is 47.0 Å². The third-order valence-corrected chi connectivity index (χ3v) is 4.01. The van der Waals surface area contributed by atoms with Gasteiger partial charge in [-0.3, -0.25) is 4.79 Å². The van der Waals surface area contributed by atoms with Gasteiger partial charge >= 0.3 is 0 Å². The third-order valence-electron chi connectivity index (χ3n) is 4.01. The van der Waals surface area contributed by atoms with E-state index < -0.39 is 12.3 Å². The summed E-state index contributed by atoms with van der Waals surface area (Å²) in [7, 11) is 0. The molecule has 6 nitrogen and oxygen atoms in total. The van der Waals surface area contributed by atoms with Crippen molar-refractivity contribution in [2.75, 3.05) is 33.0 Å². The van der Waals surface area contributed by atoms with Gasteiger partial charge in [0.15, 0.2) is 6.29 Å². The second-order valence-electron chi connectivity index (χ2n) is 6.41. The first-order valence-electron chi connectivity index (χ1n) is 8.86. The lowest BCUT2D eigenvalue weighted by atomic mass is 10.0. The molecule has 1 rings (SSSR count). The standard InChI is InChI=1S/C17H34N2O4/c1-5-22-16(23-6-2)12-19(14-7-9-21-10-8-14)17(20)15(18)11-13(3)4/h13-16H,5-12,18H2,1-4H3/t15-/m0/s1. The summed E-state index contributed by atoms with van der Waals surface area (Å²) >= 11 is 0. The van der Waals surface area contributed by atoms with Crippen LogP contribution >= 0.6 is 0 Å². The number of hydrogen-bond donors (Lipinski definition) is 1. The SMILES string of the molecule is CCOC(CN(C(=O)[C@@H](N)CC(C)C)C1CCOCC1)OCC. The second kappa shape index (κ2) is 11.0. The molecule has 1 fully saturated rings. The zero-order valence-corrected chi connectivity index (χ0v) is 15.1. The molecule has 23 heavy (non-hydrogen) atoms. The van der Waals surface area contributed by atoms with Crippen LogP contribution in [-0.2, 0) is 19.0 Å². The molecule has 0 saturated carbocycles. The maximum atomic E-state index is 12.9. The van der Waals surface area contributed by atoms with Crippen LogP contribution in [0, 0.1) is 5.92 Å². The Balaban J connectivity index is 2.79. The molecule has 1 saturated heterocycles. The lowest BCUT2D eigenvalue weighted by Gasteiger charge is -2.37. The number of nitrogens with two attached hydrogens (primary N) is 1. The molecule has 0 aromatic carbocycles. The van der Waals surface area contributed by atoms with Crippen LogP contribution in [0.3, 0.4) is 0 Å². The van der Waals surface area contributed by atoms with E-state index in [1.165, 1.54) is 0 Å². The van der Waals surface area contributed by atoms with Crippen LogP contribution in [0.25, 0.3) is 0 Å². The van der Waals surface area contributed by atoms with E-state index in [1.54, 1.807) is 0 Å². The molecule has 0 aromatic heterocycles. The van der Waals surface area contributed by atoms with Gasteiger partial charge in [-0.1, -0.05) is 13.8 Å². The summed E-state index contributed by atoms with van der Waals surface area (Å²) in [4.78, 5) is 14.7. The number of rotatable bonds is 10. The van der Waals surface area contributed by atoms with E-state index in [1.807, 2.05) is 18.7 Å². The zero-order valence-electron chi connectivity index (χ0n) is 15.1. The van der Waals surface area contributed by atoms with E-state index in [9.17, 15) is 4.79 Å². The summed E-state index contributed by atoms with van der Waals surface area (Å²) in [6, 6.07) is -0.320. The second-order valence-corrected chi connectivity index (χ2v) is 6.41. The average Bonchev–Trinajstić information content (AvgIpc) is 2.52. The van der Waals surface area contributed by atoms with Crippen molar-refractivity contribution in [2.45, 2.75) is 65.3 Å². The monoisotopic (exact) mass is 330 g/mol. The lowest BCUT2D eigenvalue weighted by Crippen LogP contribution is -2.53. The Bertz CT molecular complexity index is 327. The molecule has 0 radical (unpaired) electrons. The topological polar surface area (TPSA) is 74.0 Å². The fraction of sp³-hybridized carbons (Fsp3) is 0.941. The van der Waals surface area contributed by atoms with Crippen molar-refractivity contribution in [1.82, 2.24) is 4.90 Å². The molecule has 0 bridgehead atoms. The van der Waals surface area contributed by atoms with Gasteiger partial charge in [0.25, 0.3) is 0 Å². The molecule has 6 heteroatoms. The number of nitrogens with zero attached hydrogens (tertiary/aromatic N) is 1. The van der Waals surface area contributed by atoms with Crippen molar-refractivity contribution in [1.29, 1.82) is 0 Å². The summed E-state index contributed by atoms with van der Waals surface area (Å²) in [5.74, 6) is 0.384. The molecule has 1 atom stereocenters. The minimum Gasteiger partial charge on any atom is -0.381 e. The van der Waals surface area contributed by atoms with Crippen LogP contribution in [0.2, 0.25) is 0 Å². The number of carbonyl (C=O) groups is 1. The highest BCUT2D eigenvalue weighted by atomic mass is 16.7. The molecule has 1 aliphatic rings. The van der Waals surface area contributed by atoms with E-state index >= 15 is 0 Å². The first-order chi connectivity index (χ1) is 11.0. The van der Waals surface area contributed by atoms with Crippen molar-refractivity contribution in [3.05, 3.63) is 0 Å². The number of ether oxygens (including phenoxy) is 3. The maximum absolute atomic E-state index is 12.9. The minimum absolute atomic E-state index is 0.00462. The van der Waals surface area contributed by atoms with Gasteiger partial charge in [-0.25, -0.2) is 0 Å². The molecular formula is C17H34N2O4. The largest absolute Gasteiger partial charge is 0.381 e. The van der Waals surface area contributed by atoms with Crippen molar-refractivity contribution in [2.24, 2.45) is 11.7 Å². The predicted octanol–water partition coefficient (Wildman–Crippen LogP) is 1.77. The van der Waals surface area contributed by atoms with Crippen molar-refractivity contribution in [3.8, 4) is 0 Å². The van der Waals surface area contributed by atoms with Crippen LogP contribution in [-0.4, -0.2) is 62.2 Å². The minimum atomic E-state index is -0.471. The molecule has 136 valence electrons. The molecule has 0 aromatic rings. The smallest absolute Gasteiger partial charge is 0.239 e. The van der Waals surface area contributed by atoms with Crippen molar-refractivity contribution >= 4 is 5.91 Å². The molecule has 1 aliphatic heterocycles. The Labute approximate surface area is 140 Å². The Hall–Kier alpha value is -0.690. The number of carbonyl (C=O) groups excluding carboxylic acids is 1. The maximum Gasteiger partial charge on any atom is 0.239 e. The molecular weight excluding hydrogens is 296 g/mol. The highest BCUT2D eigenvalue weighted by Crippen LogP contribution is 2.18. The van der Waals surface area contributed by atoms with Gasteiger partial charge in [0.2, 0.25) is 5.91 Å². The van der Waals surface area contributed by atoms with Crippen LogP contribution in [0.4, 0.5) is 0 Å². The van der Waals surface area contributed by atoms with E-state index in [0.717, 1.165) is 12.8 Å². The van der Waals surface area contributed by atoms with Gasteiger partial charge in [0, 0.05) is 32.5 Å². The van der Waals surface area contributed by atoms with E-state index in [-0.39, 0.29) is 11.9 Å². The van der Waals surface area contributed by atoms with Crippen molar-refractivity contribution < 1.29 is 19.0 Å². The Kier molecular flexibility index (Phi) is 9.71. The molecule has 0 unspecified atom stereocenters.